The summed E-state index contributed by atoms with van der Waals surface area (Å²) in [4.78, 5) is 15.7. The van der Waals surface area contributed by atoms with E-state index in [4.69, 9.17) is 0 Å². The van der Waals surface area contributed by atoms with E-state index in [-0.39, 0.29) is 0 Å². The van der Waals surface area contributed by atoms with E-state index >= 15 is 0 Å². The standard InChI is InChI=1S/C14H17N3O2S/c1-8-5-9(2)15-13(12(8)14(18)19)20-7-11-6-10(3)16-17(11)4/h5-6H,7H2,1-4H3,(H,18,19). The molecule has 0 unspecified atom stereocenters. The van der Waals surface area contributed by atoms with E-state index in [1.54, 1.807) is 13.0 Å². The maximum absolute atomic E-state index is 11.4. The van der Waals surface area contributed by atoms with Crippen LogP contribution >= 0.6 is 11.8 Å². The first-order valence-electron chi connectivity index (χ1n) is 6.22. The molecule has 106 valence electrons. The van der Waals surface area contributed by atoms with E-state index in [1.165, 1.54) is 11.8 Å². The van der Waals surface area contributed by atoms with E-state index < -0.39 is 5.97 Å². The summed E-state index contributed by atoms with van der Waals surface area (Å²) < 4.78 is 1.81. The summed E-state index contributed by atoms with van der Waals surface area (Å²) >= 11 is 1.43. The van der Waals surface area contributed by atoms with Crippen molar-refractivity contribution in [1.82, 2.24) is 14.8 Å². The van der Waals surface area contributed by atoms with E-state index in [0.717, 1.165) is 22.6 Å². The Hall–Kier alpha value is -1.82. The highest BCUT2D eigenvalue weighted by atomic mass is 32.2. The molecule has 0 aromatic carbocycles. The van der Waals surface area contributed by atoms with Crippen LogP contribution in [0, 0.1) is 20.8 Å². The second-order valence-electron chi connectivity index (χ2n) is 4.76. The molecule has 0 aliphatic carbocycles. The van der Waals surface area contributed by atoms with E-state index in [1.807, 2.05) is 31.6 Å². The largest absolute Gasteiger partial charge is 0.478 e. The second kappa shape index (κ2) is 5.66. The first kappa shape index (κ1) is 14.6. The van der Waals surface area contributed by atoms with Crippen molar-refractivity contribution < 1.29 is 9.90 Å². The summed E-state index contributed by atoms with van der Waals surface area (Å²) in [6.07, 6.45) is 0. The highest BCUT2D eigenvalue weighted by Gasteiger charge is 2.16. The third kappa shape index (κ3) is 3.01. The van der Waals surface area contributed by atoms with Crippen LogP contribution in [-0.2, 0) is 12.8 Å². The fraction of sp³-hybridized carbons (Fsp3) is 0.357. The monoisotopic (exact) mass is 291 g/mol. The van der Waals surface area contributed by atoms with Gasteiger partial charge in [-0.3, -0.25) is 4.68 Å². The quantitative estimate of drug-likeness (QED) is 0.877. The van der Waals surface area contributed by atoms with Gasteiger partial charge in [0, 0.05) is 24.2 Å². The molecule has 0 bridgehead atoms. The van der Waals surface area contributed by atoms with Gasteiger partial charge in [0.25, 0.3) is 0 Å². The van der Waals surface area contributed by atoms with Crippen molar-refractivity contribution in [2.24, 2.45) is 7.05 Å². The number of pyridine rings is 1. The van der Waals surface area contributed by atoms with E-state index in [2.05, 4.69) is 10.1 Å². The zero-order chi connectivity index (χ0) is 14.9. The number of hydrogen-bond acceptors (Lipinski definition) is 4. The van der Waals surface area contributed by atoms with E-state index in [9.17, 15) is 9.90 Å². The number of carboxylic acids is 1. The molecule has 0 spiro atoms. The molecule has 2 aromatic heterocycles. The number of thioether (sulfide) groups is 1. The van der Waals surface area contributed by atoms with Crippen LogP contribution < -0.4 is 0 Å². The fourth-order valence-electron chi connectivity index (χ4n) is 2.11. The highest BCUT2D eigenvalue weighted by Crippen LogP contribution is 2.27. The van der Waals surface area contributed by atoms with Crippen LogP contribution in [0.15, 0.2) is 17.2 Å². The molecule has 0 saturated carbocycles. The van der Waals surface area contributed by atoms with Crippen LogP contribution in [0.5, 0.6) is 0 Å². The maximum Gasteiger partial charge on any atom is 0.338 e. The van der Waals surface area contributed by atoms with Gasteiger partial charge in [0.2, 0.25) is 0 Å². The summed E-state index contributed by atoms with van der Waals surface area (Å²) in [6, 6.07) is 3.79. The van der Waals surface area contributed by atoms with Gasteiger partial charge in [-0.2, -0.15) is 5.10 Å². The number of aromatic carboxylic acids is 1. The smallest absolute Gasteiger partial charge is 0.338 e. The van der Waals surface area contributed by atoms with E-state index in [0.29, 0.717) is 16.3 Å². The number of aryl methyl sites for hydroxylation is 4. The van der Waals surface area contributed by atoms with Gasteiger partial charge in [0.1, 0.15) is 5.03 Å². The minimum Gasteiger partial charge on any atom is -0.478 e. The van der Waals surface area contributed by atoms with Crippen LogP contribution in [-0.4, -0.2) is 25.8 Å². The molecule has 2 rings (SSSR count). The Morgan fingerprint density at radius 2 is 2.00 bits per heavy atom. The number of nitrogens with zero attached hydrogens (tertiary/aromatic N) is 3. The van der Waals surface area contributed by atoms with Crippen molar-refractivity contribution in [3.63, 3.8) is 0 Å². The van der Waals surface area contributed by atoms with Gasteiger partial charge >= 0.3 is 5.97 Å². The van der Waals surface area contributed by atoms with Gasteiger partial charge in [0.05, 0.1) is 11.3 Å². The summed E-state index contributed by atoms with van der Waals surface area (Å²) in [5, 5.41) is 14.2. The lowest BCUT2D eigenvalue weighted by Crippen LogP contribution is -2.06. The second-order valence-corrected chi connectivity index (χ2v) is 5.72. The molecular weight excluding hydrogens is 274 g/mol. The molecule has 1 N–H and O–H groups in total. The average Bonchev–Trinajstić information content (AvgIpc) is 2.63. The Morgan fingerprint density at radius 3 is 2.55 bits per heavy atom. The molecule has 2 heterocycles. The molecule has 0 atom stereocenters. The molecule has 6 heteroatoms. The van der Waals surface area contributed by atoms with Crippen molar-refractivity contribution in [3.8, 4) is 0 Å². The van der Waals surface area contributed by atoms with Crippen LogP contribution in [0.25, 0.3) is 0 Å². The average molecular weight is 291 g/mol. The van der Waals surface area contributed by atoms with Crippen molar-refractivity contribution in [2.75, 3.05) is 0 Å². The molecule has 0 aliphatic rings. The molecule has 2 aromatic rings. The Balaban J connectivity index is 2.29. The normalized spacial score (nSPS) is 10.8. The zero-order valence-electron chi connectivity index (χ0n) is 12.0. The van der Waals surface area contributed by atoms with Crippen LogP contribution in [0.1, 0.15) is 33.0 Å². The number of aromatic nitrogens is 3. The Morgan fingerprint density at radius 1 is 1.30 bits per heavy atom. The van der Waals surface area contributed by atoms with Crippen LogP contribution in [0.3, 0.4) is 0 Å². The van der Waals surface area contributed by atoms with Crippen LogP contribution in [0.4, 0.5) is 0 Å². The van der Waals surface area contributed by atoms with Crippen molar-refractivity contribution in [3.05, 3.63) is 40.3 Å². The van der Waals surface area contributed by atoms with Crippen molar-refractivity contribution in [1.29, 1.82) is 0 Å². The summed E-state index contributed by atoms with van der Waals surface area (Å²) in [6.45, 7) is 5.61. The minimum atomic E-state index is -0.932. The van der Waals surface area contributed by atoms with Gasteiger partial charge < -0.3 is 5.11 Å². The highest BCUT2D eigenvalue weighted by molar-refractivity contribution is 7.98. The third-order valence-corrected chi connectivity index (χ3v) is 3.99. The molecule has 0 fully saturated rings. The van der Waals surface area contributed by atoms with Gasteiger partial charge in [-0.25, -0.2) is 9.78 Å². The van der Waals surface area contributed by atoms with Crippen molar-refractivity contribution in [2.45, 2.75) is 31.6 Å². The summed E-state index contributed by atoms with van der Waals surface area (Å²) in [5.74, 6) is -0.285. The number of rotatable bonds is 4. The Labute approximate surface area is 122 Å². The SMILES string of the molecule is Cc1cc(C)c(C(=O)O)c(SCc2cc(C)nn2C)n1. The van der Waals surface area contributed by atoms with Gasteiger partial charge in [-0.05, 0) is 38.5 Å². The predicted octanol–water partition coefficient (Wildman–Crippen LogP) is 2.73. The third-order valence-electron chi connectivity index (χ3n) is 2.98. The summed E-state index contributed by atoms with van der Waals surface area (Å²) in [5.41, 5.74) is 3.86. The van der Waals surface area contributed by atoms with Gasteiger partial charge in [0.15, 0.2) is 0 Å². The molecule has 0 saturated heterocycles. The maximum atomic E-state index is 11.4. The number of carbonyl (C=O) groups is 1. The molecule has 20 heavy (non-hydrogen) atoms. The minimum absolute atomic E-state index is 0.291. The molecule has 5 nitrogen and oxygen atoms in total. The fourth-order valence-corrected chi connectivity index (χ4v) is 3.26. The first-order valence-corrected chi connectivity index (χ1v) is 7.21. The lowest BCUT2D eigenvalue weighted by atomic mass is 10.1. The number of carboxylic acid groups (broad SMARTS) is 1. The Kier molecular flexibility index (Phi) is 4.13. The topological polar surface area (TPSA) is 68.0 Å². The molecule has 0 aliphatic heterocycles. The van der Waals surface area contributed by atoms with Crippen molar-refractivity contribution >= 4 is 17.7 Å². The van der Waals surface area contributed by atoms with Gasteiger partial charge in [-0.15, -0.1) is 0 Å². The first-order chi connectivity index (χ1) is 9.38. The predicted molar refractivity (Wildman–Crippen MR) is 78.2 cm³/mol. The summed E-state index contributed by atoms with van der Waals surface area (Å²) in [7, 11) is 1.88. The lowest BCUT2D eigenvalue weighted by molar-refractivity contribution is 0.0691. The lowest BCUT2D eigenvalue weighted by Gasteiger charge is -2.09. The molecular formula is C14H17N3O2S. The van der Waals surface area contributed by atoms with Gasteiger partial charge in [-0.1, -0.05) is 11.8 Å². The Bertz CT molecular complexity index is 665. The zero-order valence-corrected chi connectivity index (χ0v) is 12.8. The molecule has 0 amide bonds. The molecule has 0 radical (unpaired) electrons. The number of hydrogen-bond donors (Lipinski definition) is 1. The van der Waals surface area contributed by atoms with Crippen LogP contribution in [0.2, 0.25) is 0 Å².